The molecular formula is C42H58N8O7. The van der Waals surface area contributed by atoms with Gasteiger partial charge in [-0.15, -0.1) is 0 Å². The van der Waals surface area contributed by atoms with Gasteiger partial charge in [0.15, 0.2) is 0 Å². The van der Waals surface area contributed by atoms with Crippen molar-refractivity contribution in [3.8, 4) is 17.0 Å². The second-order valence-corrected chi connectivity index (χ2v) is 15.8. The van der Waals surface area contributed by atoms with Crippen LogP contribution in [0.2, 0.25) is 0 Å². The molecule has 3 heterocycles. The first-order valence-electron chi connectivity index (χ1n) is 19.8. The van der Waals surface area contributed by atoms with Crippen LogP contribution >= 0.6 is 0 Å². The predicted octanol–water partition coefficient (Wildman–Crippen LogP) is 6.89. The number of alkyl carbamates (subject to hydrolysis) is 2. The van der Waals surface area contributed by atoms with Crippen molar-refractivity contribution < 1.29 is 33.4 Å². The number of likely N-dealkylation sites (tertiary alicyclic amines) is 1. The van der Waals surface area contributed by atoms with E-state index in [1.54, 1.807) is 9.80 Å². The Morgan fingerprint density at radius 2 is 1.56 bits per heavy atom. The highest BCUT2D eigenvalue weighted by Gasteiger charge is 2.38. The monoisotopic (exact) mass is 786 g/mol. The number of fused-ring (bicyclic) bond motifs is 1. The molecule has 57 heavy (non-hydrogen) atoms. The molecule has 308 valence electrons. The highest BCUT2D eigenvalue weighted by atomic mass is 16.5. The fourth-order valence-electron chi connectivity index (χ4n) is 7.02. The van der Waals surface area contributed by atoms with Gasteiger partial charge in [-0.25, -0.2) is 19.6 Å². The summed E-state index contributed by atoms with van der Waals surface area (Å²) >= 11 is 0. The van der Waals surface area contributed by atoms with Crippen LogP contribution in [0.4, 0.5) is 9.59 Å². The first-order valence-corrected chi connectivity index (χ1v) is 19.8. The number of hydrogen-bond acceptors (Lipinski definition) is 9. The number of imidazole rings is 2. The minimum atomic E-state index is -0.741. The van der Waals surface area contributed by atoms with Crippen LogP contribution in [-0.4, -0.2) is 93.1 Å². The number of carbonyl (C=O) groups is 4. The van der Waals surface area contributed by atoms with E-state index in [1.165, 1.54) is 14.2 Å². The topological polar surface area (TPSA) is 184 Å². The summed E-state index contributed by atoms with van der Waals surface area (Å²) in [5.41, 5.74) is 4.20. The Morgan fingerprint density at radius 3 is 2.19 bits per heavy atom. The Hall–Kier alpha value is -5.60. The maximum atomic E-state index is 13.8. The van der Waals surface area contributed by atoms with Crippen molar-refractivity contribution in [3.63, 3.8) is 0 Å². The fraction of sp³-hybridized carbons (Fsp3) is 0.524. The van der Waals surface area contributed by atoms with E-state index in [4.69, 9.17) is 24.2 Å². The van der Waals surface area contributed by atoms with E-state index in [1.807, 2.05) is 83.3 Å². The van der Waals surface area contributed by atoms with Gasteiger partial charge in [-0.2, -0.15) is 0 Å². The van der Waals surface area contributed by atoms with Crippen molar-refractivity contribution in [2.45, 2.75) is 98.5 Å². The molecule has 4 aromatic rings. The standard InChI is InChI=1S/C42H58N8O7/c1-24(2)18-20-49(39(51)35(25(3)4)47-41(53)55-8)27(7)37-43-22-33(46-37)29-13-15-30(16-14-29)57-23-28-12-17-31-32(21-28)45-38(44-31)34-11-10-19-50(34)40(52)36(26(5)6)48-42(54)56-9/h12-17,21-22,24-27,34-36H,10-11,18-20,23H2,1-9H3,(H,43,46)(H,44,45)(H,47,53)(H,48,54)/t27-,34-,35?,36?/m0/s1. The third-order valence-electron chi connectivity index (χ3n) is 10.4. The molecule has 1 aliphatic rings. The van der Waals surface area contributed by atoms with Crippen LogP contribution in [0.15, 0.2) is 48.7 Å². The Bertz CT molecular complexity index is 1990. The van der Waals surface area contributed by atoms with E-state index in [9.17, 15) is 19.2 Å². The summed E-state index contributed by atoms with van der Waals surface area (Å²) in [6, 6.07) is 11.6. The first kappa shape index (κ1) is 42.5. The molecule has 4 amide bonds. The molecule has 0 aliphatic carbocycles. The molecule has 0 radical (unpaired) electrons. The van der Waals surface area contributed by atoms with Crippen molar-refractivity contribution in [2.75, 3.05) is 27.3 Å². The molecule has 5 rings (SSSR count). The largest absolute Gasteiger partial charge is 0.489 e. The summed E-state index contributed by atoms with van der Waals surface area (Å²) in [5, 5.41) is 5.40. The van der Waals surface area contributed by atoms with Crippen LogP contribution in [0.25, 0.3) is 22.3 Å². The molecular weight excluding hydrogens is 729 g/mol. The molecule has 2 unspecified atom stereocenters. The first-order chi connectivity index (χ1) is 27.2. The van der Waals surface area contributed by atoms with E-state index in [0.717, 1.165) is 47.1 Å². The number of carbonyl (C=O) groups excluding carboxylic acids is 4. The second-order valence-electron chi connectivity index (χ2n) is 15.8. The molecule has 0 saturated carbocycles. The zero-order valence-electron chi connectivity index (χ0n) is 34.5. The van der Waals surface area contributed by atoms with Crippen molar-refractivity contribution in [1.82, 2.24) is 40.4 Å². The van der Waals surface area contributed by atoms with Gasteiger partial charge in [0.05, 0.1) is 43.0 Å². The summed E-state index contributed by atoms with van der Waals surface area (Å²) in [7, 11) is 2.57. The van der Waals surface area contributed by atoms with E-state index in [-0.39, 0.29) is 35.7 Å². The van der Waals surface area contributed by atoms with Gasteiger partial charge in [0, 0.05) is 24.8 Å². The second kappa shape index (κ2) is 19.0. The number of aromatic amines is 2. The molecule has 1 aliphatic heterocycles. The number of hydrogen-bond donors (Lipinski definition) is 4. The van der Waals surface area contributed by atoms with Crippen LogP contribution in [-0.2, 0) is 25.7 Å². The molecule has 15 nitrogen and oxygen atoms in total. The maximum absolute atomic E-state index is 13.8. The van der Waals surface area contributed by atoms with Gasteiger partial charge in [-0.3, -0.25) is 9.59 Å². The molecule has 1 saturated heterocycles. The fourth-order valence-corrected chi connectivity index (χ4v) is 7.02. The predicted molar refractivity (Wildman–Crippen MR) is 216 cm³/mol. The van der Waals surface area contributed by atoms with E-state index >= 15 is 0 Å². The number of rotatable bonds is 16. The third-order valence-corrected chi connectivity index (χ3v) is 10.4. The lowest BCUT2D eigenvalue weighted by Gasteiger charge is -2.33. The Morgan fingerprint density at radius 1 is 0.895 bits per heavy atom. The van der Waals surface area contributed by atoms with Crippen molar-refractivity contribution in [2.24, 2.45) is 17.8 Å². The van der Waals surface area contributed by atoms with Crippen LogP contribution in [0.3, 0.4) is 0 Å². The number of H-pyrrole nitrogens is 2. The average Bonchev–Trinajstić information content (AvgIpc) is 3.97. The van der Waals surface area contributed by atoms with Gasteiger partial charge in [-0.05, 0) is 85.9 Å². The van der Waals surface area contributed by atoms with Crippen molar-refractivity contribution in [1.29, 1.82) is 0 Å². The quantitative estimate of drug-likeness (QED) is 0.0939. The van der Waals surface area contributed by atoms with Gasteiger partial charge < -0.3 is 44.6 Å². The van der Waals surface area contributed by atoms with Gasteiger partial charge in [-0.1, -0.05) is 47.6 Å². The molecule has 2 aromatic heterocycles. The summed E-state index contributed by atoms with van der Waals surface area (Å²) in [6.45, 7) is 15.2. The maximum Gasteiger partial charge on any atom is 0.407 e. The number of nitrogens with zero attached hydrogens (tertiary/aromatic N) is 4. The third kappa shape index (κ3) is 10.4. The van der Waals surface area contributed by atoms with Crippen LogP contribution in [0, 0.1) is 17.8 Å². The highest BCUT2D eigenvalue weighted by molar-refractivity contribution is 5.87. The van der Waals surface area contributed by atoms with Gasteiger partial charge >= 0.3 is 12.2 Å². The summed E-state index contributed by atoms with van der Waals surface area (Å²) in [4.78, 5) is 71.4. The molecule has 2 aromatic carbocycles. The van der Waals surface area contributed by atoms with E-state index < -0.39 is 24.3 Å². The lowest BCUT2D eigenvalue weighted by molar-refractivity contribution is -0.137. The van der Waals surface area contributed by atoms with E-state index in [2.05, 4.69) is 34.4 Å². The van der Waals surface area contributed by atoms with Crippen LogP contribution in [0.1, 0.15) is 97.0 Å². The van der Waals surface area contributed by atoms with Gasteiger partial charge in [0.25, 0.3) is 0 Å². The SMILES string of the molecule is COC(=O)NC(C(=O)N(CCC(C)C)[C@@H](C)c1nc(-c2ccc(OCc3ccc4[nH]c([C@@H]5CCCN5C(=O)C(NC(=O)OC)C(C)C)nc4c3)cc2)c[nH]1)C(C)C. The lowest BCUT2D eigenvalue weighted by Crippen LogP contribution is -2.52. The zero-order valence-corrected chi connectivity index (χ0v) is 34.5. The molecule has 0 spiro atoms. The minimum Gasteiger partial charge on any atom is -0.489 e. The van der Waals surface area contributed by atoms with Crippen LogP contribution in [0.5, 0.6) is 5.75 Å². The van der Waals surface area contributed by atoms with Gasteiger partial charge in [0.2, 0.25) is 11.8 Å². The minimum absolute atomic E-state index is 0.114. The molecule has 1 fully saturated rings. The van der Waals surface area contributed by atoms with Gasteiger partial charge in [0.1, 0.15) is 36.1 Å². The number of methoxy groups -OCH3 is 2. The Balaban J connectivity index is 1.23. The summed E-state index contributed by atoms with van der Waals surface area (Å²) < 4.78 is 15.7. The number of aromatic nitrogens is 4. The average molecular weight is 787 g/mol. The Labute approximate surface area is 334 Å². The number of amides is 4. The number of ether oxygens (including phenoxy) is 3. The molecule has 4 N–H and O–H groups in total. The molecule has 0 bridgehead atoms. The number of nitrogens with one attached hydrogen (secondary N) is 4. The highest BCUT2D eigenvalue weighted by Crippen LogP contribution is 2.33. The summed E-state index contributed by atoms with van der Waals surface area (Å²) in [6.07, 6.45) is 2.95. The lowest BCUT2D eigenvalue weighted by atomic mass is 10.0. The van der Waals surface area contributed by atoms with Crippen LogP contribution < -0.4 is 15.4 Å². The normalized spacial score (nSPS) is 15.8. The smallest absolute Gasteiger partial charge is 0.407 e. The van der Waals surface area contributed by atoms with Crippen molar-refractivity contribution >= 4 is 35.0 Å². The Kier molecular flexibility index (Phi) is 14.2. The zero-order chi connectivity index (χ0) is 41.4. The molecule has 4 atom stereocenters. The molecule has 15 heteroatoms. The number of benzene rings is 2. The summed E-state index contributed by atoms with van der Waals surface area (Å²) in [5.74, 6) is 1.83. The van der Waals surface area contributed by atoms with E-state index in [0.29, 0.717) is 43.0 Å². The van der Waals surface area contributed by atoms with Crippen molar-refractivity contribution in [3.05, 3.63) is 65.9 Å².